The lowest BCUT2D eigenvalue weighted by Gasteiger charge is -2.07. The van der Waals surface area contributed by atoms with Crippen LogP contribution in [0.5, 0.6) is 5.75 Å². The number of ether oxygens (including phenoxy) is 1. The predicted octanol–water partition coefficient (Wildman–Crippen LogP) is 4.96. The van der Waals surface area contributed by atoms with Crippen molar-refractivity contribution in [3.8, 4) is 5.75 Å². The highest BCUT2D eigenvalue weighted by molar-refractivity contribution is 7.22. The molecular formula is C18H19N3O2S. The van der Waals surface area contributed by atoms with E-state index < -0.39 is 0 Å². The number of aryl methyl sites for hydroxylation is 2. The van der Waals surface area contributed by atoms with Crippen LogP contribution in [0.25, 0.3) is 10.2 Å². The number of anilines is 2. The first-order chi connectivity index (χ1) is 11.6. The molecule has 0 fully saturated rings. The number of urea groups is 1. The fraction of sp³-hybridized carbons (Fsp3) is 0.222. The van der Waals surface area contributed by atoms with E-state index in [9.17, 15) is 4.79 Å². The van der Waals surface area contributed by atoms with E-state index in [0.29, 0.717) is 17.4 Å². The molecule has 2 N–H and O–H groups in total. The zero-order valence-corrected chi connectivity index (χ0v) is 14.7. The molecule has 5 nitrogen and oxygen atoms in total. The molecule has 0 atom stereocenters. The van der Waals surface area contributed by atoms with Gasteiger partial charge < -0.3 is 10.1 Å². The highest BCUT2D eigenvalue weighted by Gasteiger charge is 2.10. The molecule has 0 spiro atoms. The minimum atomic E-state index is -0.312. The number of nitrogens with zero attached hydrogens (tertiary/aromatic N) is 1. The first-order valence-electron chi connectivity index (χ1n) is 7.74. The third-order valence-corrected chi connectivity index (χ3v) is 4.66. The van der Waals surface area contributed by atoms with Gasteiger partial charge in [0.05, 0.1) is 16.8 Å². The van der Waals surface area contributed by atoms with Crippen molar-refractivity contribution in [2.24, 2.45) is 0 Å². The Morgan fingerprint density at radius 3 is 2.58 bits per heavy atom. The van der Waals surface area contributed by atoms with Gasteiger partial charge in [0, 0.05) is 5.69 Å². The second-order valence-electron chi connectivity index (χ2n) is 5.41. The van der Waals surface area contributed by atoms with Crippen molar-refractivity contribution in [1.82, 2.24) is 4.98 Å². The van der Waals surface area contributed by atoms with Crippen molar-refractivity contribution in [2.45, 2.75) is 20.8 Å². The van der Waals surface area contributed by atoms with Gasteiger partial charge in [-0.15, -0.1) is 0 Å². The number of aromatic nitrogens is 1. The summed E-state index contributed by atoms with van der Waals surface area (Å²) in [5, 5.41) is 6.17. The van der Waals surface area contributed by atoms with Gasteiger partial charge >= 0.3 is 6.03 Å². The summed E-state index contributed by atoms with van der Waals surface area (Å²) >= 11 is 1.47. The maximum Gasteiger partial charge on any atom is 0.325 e. The lowest BCUT2D eigenvalue weighted by Crippen LogP contribution is -2.19. The fourth-order valence-electron chi connectivity index (χ4n) is 2.34. The van der Waals surface area contributed by atoms with Crippen LogP contribution in [0.1, 0.15) is 18.1 Å². The SMILES string of the molecule is CCOc1ccc(NC(=O)Nc2nc3c(C)c(C)ccc3s2)cc1. The standard InChI is InChI=1S/C18H19N3O2S/c1-4-23-14-8-6-13(7-9-14)19-17(22)21-18-20-16-12(3)11(2)5-10-15(16)24-18/h5-10H,4H2,1-3H3,(H2,19,20,21,22). The van der Waals surface area contributed by atoms with Crippen LogP contribution in [0.15, 0.2) is 36.4 Å². The van der Waals surface area contributed by atoms with Crippen LogP contribution in [-0.4, -0.2) is 17.6 Å². The lowest BCUT2D eigenvalue weighted by atomic mass is 10.1. The number of carbonyl (C=O) groups excluding carboxylic acids is 1. The highest BCUT2D eigenvalue weighted by Crippen LogP contribution is 2.29. The third kappa shape index (κ3) is 3.49. The number of benzene rings is 2. The summed E-state index contributed by atoms with van der Waals surface area (Å²) in [5.74, 6) is 0.778. The molecule has 0 saturated carbocycles. The number of thiazole rings is 1. The Labute approximate surface area is 144 Å². The zero-order chi connectivity index (χ0) is 17.1. The Morgan fingerprint density at radius 1 is 1.12 bits per heavy atom. The molecule has 3 aromatic rings. The smallest absolute Gasteiger partial charge is 0.325 e. The van der Waals surface area contributed by atoms with E-state index in [-0.39, 0.29) is 6.03 Å². The molecule has 0 unspecified atom stereocenters. The number of amides is 2. The van der Waals surface area contributed by atoms with E-state index in [1.54, 1.807) is 12.1 Å². The highest BCUT2D eigenvalue weighted by atomic mass is 32.1. The van der Waals surface area contributed by atoms with Gasteiger partial charge in [0.2, 0.25) is 0 Å². The Balaban J connectivity index is 1.69. The van der Waals surface area contributed by atoms with E-state index in [1.165, 1.54) is 16.9 Å². The number of nitrogens with one attached hydrogen (secondary N) is 2. The summed E-state index contributed by atoms with van der Waals surface area (Å²) in [6, 6.07) is 11.0. The zero-order valence-electron chi connectivity index (χ0n) is 13.8. The topological polar surface area (TPSA) is 63.2 Å². The molecule has 124 valence electrons. The quantitative estimate of drug-likeness (QED) is 0.705. The summed E-state index contributed by atoms with van der Waals surface area (Å²) in [5.41, 5.74) is 3.97. The monoisotopic (exact) mass is 341 g/mol. The predicted molar refractivity (Wildman–Crippen MR) is 99.3 cm³/mol. The van der Waals surface area contributed by atoms with Crippen molar-refractivity contribution < 1.29 is 9.53 Å². The first kappa shape index (κ1) is 16.3. The maximum absolute atomic E-state index is 12.1. The average molecular weight is 341 g/mol. The Bertz CT molecular complexity index is 872. The van der Waals surface area contributed by atoms with Gasteiger partial charge in [-0.3, -0.25) is 5.32 Å². The number of carbonyl (C=O) groups is 1. The summed E-state index contributed by atoms with van der Waals surface area (Å²) in [7, 11) is 0. The third-order valence-electron chi connectivity index (χ3n) is 3.73. The molecule has 3 rings (SSSR count). The molecule has 1 heterocycles. The van der Waals surface area contributed by atoms with Gasteiger partial charge in [0.25, 0.3) is 0 Å². The molecule has 24 heavy (non-hydrogen) atoms. The average Bonchev–Trinajstić information content (AvgIpc) is 2.96. The van der Waals surface area contributed by atoms with E-state index >= 15 is 0 Å². The van der Waals surface area contributed by atoms with E-state index in [0.717, 1.165) is 21.5 Å². The normalized spacial score (nSPS) is 10.6. The Morgan fingerprint density at radius 2 is 1.88 bits per heavy atom. The van der Waals surface area contributed by atoms with Gasteiger partial charge in [0.15, 0.2) is 5.13 Å². The number of hydrogen-bond donors (Lipinski definition) is 2. The second kappa shape index (κ2) is 6.88. The molecule has 2 aromatic carbocycles. The molecule has 0 bridgehead atoms. The number of hydrogen-bond acceptors (Lipinski definition) is 4. The molecule has 0 radical (unpaired) electrons. The largest absolute Gasteiger partial charge is 0.494 e. The molecule has 0 aliphatic carbocycles. The number of fused-ring (bicyclic) bond motifs is 1. The van der Waals surface area contributed by atoms with Crippen molar-refractivity contribution >= 4 is 38.4 Å². The summed E-state index contributed by atoms with van der Waals surface area (Å²) < 4.78 is 6.44. The molecule has 0 saturated heterocycles. The number of rotatable bonds is 4. The minimum absolute atomic E-state index is 0.312. The van der Waals surface area contributed by atoms with Crippen LogP contribution in [0.4, 0.5) is 15.6 Å². The maximum atomic E-state index is 12.1. The summed E-state index contributed by atoms with van der Waals surface area (Å²) in [6.45, 7) is 6.64. The van der Waals surface area contributed by atoms with Crippen molar-refractivity contribution in [3.05, 3.63) is 47.5 Å². The van der Waals surface area contributed by atoms with Gasteiger partial charge in [0.1, 0.15) is 5.75 Å². The van der Waals surface area contributed by atoms with Gasteiger partial charge in [-0.2, -0.15) is 0 Å². The first-order valence-corrected chi connectivity index (χ1v) is 8.56. The van der Waals surface area contributed by atoms with Crippen LogP contribution in [0.2, 0.25) is 0 Å². The fourth-order valence-corrected chi connectivity index (χ4v) is 3.26. The molecular weight excluding hydrogens is 322 g/mol. The van der Waals surface area contributed by atoms with Crippen molar-refractivity contribution in [3.63, 3.8) is 0 Å². The van der Waals surface area contributed by atoms with Crippen LogP contribution in [-0.2, 0) is 0 Å². The Kier molecular flexibility index (Phi) is 4.66. The molecule has 0 aliphatic heterocycles. The molecule has 6 heteroatoms. The van der Waals surface area contributed by atoms with E-state index in [1.807, 2.05) is 32.0 Å². The van der Waals surface area contributed by atoms with E-state index in [4.69, 9.17) is 4.74 Å². The van der Waals surface area contributed by atoms with Crippen LogP contribution in [0.3, 0.4) is 0 Å². The van der Waals surface area contributed by atoms with Gasteiger partial charge in [-0.25, -0.2) is 9.78 Å². The molecule has 0 aliphatic rings. The van der Waals surface area contributed by atoms with E-state index in [2.05, 4.69) is 28.6 Å². The van der Waals surface area contributed by atoms with Crippen LogP contribution < -0.4 is 15.4 Å². The summed E-state index contributed by atoms with van der Waals surface area (Å²) in [6.07, 6.45) is 0. The lowest BCUT2D eigenvalue weighted by molar-refractivity contribution is 0.262. The van der Waals surface area contributed by atoms with Gasteiger partial charge in [-0.1, -0.05) is 17.4 Å². The molecule has 2 amide bonds. The van der Waals surface area contributed by atoms with Gasteiger partial charge in [-0.05, 0) is 62.2 Å². The minimum Gasteiger partial charge on any atom is -0.494 e. The molecule has 1 aromatic heterocycles. The van der Waals surface area contributed by atoms with Crippen LogP contribution in [0, 0.1) is 13.8 Å². The summed E-state index contributed by atoms with van der Waals surface area (Å²) in [4.78, 5) is 16.7. The Hall–Kier alpha value is -2.60. The van der Waals surface area contributed by atoms with Crippen molar-refractivity contribution in [2.75, 3.05) is 17.2 Å². The van der Waals surface area contributed by atoms with Crippen LogP contribution >= 0.6 is 11.3 Å². The second-order valence-corrected chi connectivity index (χ2v) is 6.44. The van der Waals surface area contributed by atoms with Crippen molar-refractivity contribution in [1.29, 1.82) is 0 Å².